The van der Waals surface area contributed by atoms with Crippen molar-refractivity contribution in [2.75, 3.05) is 4.90 Å². The van der Waals surface area contributed by atoms with Gasteiger partial charge in [-0.2, -0.15) is 0 Å². The van der Waals surface area contributed by atoms with Crippen LogP contribution in [0.2, 0.25) is 0 Å². The molecule has 0 bridgehead atoms. The predicted molar refractivity (Wildman–Crippen MR) is 213 cm³/mol. The molecule has 0 saturated carbocycles. The lowest BCUT2D eigenvalue weighted by Crippen LogP contribution is -2.09. The normalized spacial score (nSPS) is 11.5. The molecule has 5 heteroatoms. The number of furan rings is 1. The summed E-state index contributed by atoms with van der Waals surface area (Å²) in [4.78, 5) is 13.0. The highest BCUT2D eigenvalue weighted by molar-refractivity contribution is 7.26. The Bertz CT molecular complexity index is 2820. The molecule has 3 heterocycles. The molecule has 0 aliphatic carbocycles. The lowest BCUT2D eigenvalue weighted by molar-refractivity contribution is 0.669. The van der Waals surface area contributed by atoms with E-state index in [-0.39, 0.29) is 0 Å². The second-order valence-electron chi connectivity index (χ2n) is 12.6. The van der Waals surface area contributed by atoms with Crippen LogP contribution < -0.4 is 4.90 Å². The first-order chi connectivity index (χ1) is 25.3. The molecule has 4 nitrogen and oxygen atoms in total. The quantitative estimate of drug-likeness (QED) is 0.176. The van der Waals surface area contributed by atoms with Crippen molar-refractivity contribution < 1.29 is 4.42 Å². The van der Waals surface area contributed by atoms with Gasteiger partial charge in [0.25, 0.3) is 0 Å². The zero-order chi connectivity index (χ0) is 33.7. The molecule has 7 aromatic carbocycles. The summed E-state index contributed by atoms with van der Waals surface area (Å²) in [6.07, 6.45) is 0. The lowest BCUT2D eigenvalue weighted by Gasteiger charge is -2.25. The topological polar surface area (TPSA) is 42.2 Å². The highest BCUT2D eigenvalue weighted by atomic mass is 32.1. The fraction of sp³-hybridized carbons (Fsp3) is 0. The van der Waals surface area contributed by atoms with E-state index in [2.05, 4.69) is 157 Å². The first-order valence-corrected chi connectivity index (χ1v) is 17.8. The van der Waals surface area contributed by atoms with E-state index < -0.39 is 0 Å². The third-order valence-corrected chi connectivity index (χ3v) is 10.6. The van der Waals surface area contributed by atoms with Crippen molar-refractivity contribution in [1.82, 2.24) is 9.97 Å². The van der Waals surface area contributed by atoms with Crippen LogP contribution in [-0.2, 0) is 0 Å². The van der Waals surface area contributed by atoms with Crippen molar-refractivity contribution in [1.29, 1.82) is 0 Å². The van der Waals surface area contributed by atoms with E-state index in [4.69, 9.17) is 14.4 Å². The Hall–Kier alpha value is -6.56. The standard InChI is InChI=1S/C46H29N3OS/c1-4-15-30(16-5-1)31-17-12-18-32(29-31)42-45-43(35-23-10-11-28-40(35)51-45)48-46(47-42)37-25-14-27-39-41(37)36-24-13-26-38(44(36)50-39)49(33-19-6-2-7-20-33)34-21-8-3-9-22-34/h1-29H. The summed E-state index contributed by atoms with van der Waals surface area (Å²) in [5.74, 6) is 0.674. The summed E-state index contributed by atoms with van der Waals surface area (Å²) in [5, 5.41) is 3.15. The molecule has 10 rings (SSSR count). The number of nitrogens with zero attached hydrogens (tertiary/aromatic N) is 3. The fourth-order valence-corrected chi connectivity index (χ4v) is 8.31. The van der Waals surface area contributed by atoms with Gasteiger partial charge in [0.1, 0.15) is 5.58 Å². The molecule has 0 saturated heterocycles. The van der Waals surface area contributed by atoms with E-state index in [0.29, 0.717) is 5.82 Å². The number of para-hydroxylation sites is 3. The van der Waals surface area contributed by atoms with Gasteiger partial charge in [-0.25, -0.2) is 9.97 Å². The Morgan fingerprint density at radius 1 is 0.510 bits per heavy atom. The summed E-state index contributed by atoms with van der Waals surface area (Å²) < 4.78 is 9.07. The maximum Gasteiger partial charge on any atom is 0.161 e. The van der Waals surface area contributed by atoms with E-state index >= 15 is 0 Å². The van der Waals surface area contributed by atoms with Gasteiger partial charge in [0.2, 0.25) is 0 Å². The largest absolute Gasteiger partial charge is 0.454 e. The predicted octanol–water partition coefficient (Wildman–Crippen LogP) is 13.2. The van der Waals surface area contributed by atoms with Crippen LogP contribution in [0.15, 0.2) is 180 Å². The summed E-state index contributed by atoms with van der Waals surface area (Å²) in [6.45, 7) is 0. The van der Waals surface area contributed by atoms with Crippen molar-refractivity contribution in [3.63, 3.8) is 0 Å². The lowest BCUT2D eigenvalue weighted by atomic mass is 10.0. The van der Waals surface area contributed by atoms with Crippen LogP contribution in [0.3, 0.4) is 0 Å². The first-order valence-electron chi connectivity index (χ1n) is 17.0. The third kappa shape index (κ3) is 4.98. The van der Waals surface area contributed by atoms with E-state index in [1.54, 1.807) is 11.3 Å². The van der Waals surface area contributed by atoms with Gasteiger partial charge in [-0.15, -0.1) is 11.3 Å². The fourth-order valence-electron chi connectivity index (χ4n) is 7.16. The monoisotopic (exact) mass is 671 g/mol. The summed E-state index contributed by atoms with van der Waals surface area (Å²) in [5.41, 5.74) is 10.9. The van der Waals surface area contributed by atoms with Gasteiger partial charge < -0.3 is 9.32 Å². The number of hydrogen-bond acceptors (Lipinski definition) is 5. The van der Waals surface area contributed by atoms with Crippen LogP contribution in [0.5, 0.6) is 0 Å². The number of anilines is 3. The van der Waals surface area contributed by atoms with Crippen molar-refractivity contribution in [2.45, 2.75) is 0 Å². The summed E-state index contributed by atoms with van der Waals surface area (Å²) in [7, 11) is 0. The molecule has 0 N–H and O–H groups in total. The van der Waals surface area contributed by atoms with Crippen LogP contribution >= 0.6 is 11.3 Å². The summed E-state index contributed by atoms with van der Waals surface area (Å²) >= 11 is 1.75. The van der Waals surface area contributed by atoms with Gasteiger partial charge in [-0.3, -0.25) is 0 Å². The smallest absolute Gasteiger partial charge is 0.161 e. The minimum atomic E-state index is 0.674. The molecule has 0 aliphatic heterocycles. The Kier molecular flexibility index (Phi) is 6.96. The van der Waals surface area contributed by atoms with Gasteiger partial charge in [-0.1, -0.05) is 127 Å². The van der Waals surface area contributed by atoms with Gasteiger partial charge in [0, 0.05) is 43.4 Å². The molecule has 51 heavy (non-hydrogen) atoms. The van der Waals surface area contributed by atoms with Gasteiger partial charge in [0.05, 0.1) is 21.6 Å². The van der Waals surface area contributed by atoms with Crippen molar-refractivity contribution >= 4 is 70.6 Å². The van der Waals surface area contributed by atoms with Gasteiger partial charge in [-0.05, 0) is 59.7 Å². The number of benzene rings is 7. The van der Waals surface area contributed by atoms with E-state index in [9.17, 15) is 0 Å². The van der Waals surface area contributed by atoms with Gasteiger partial charge in [0.15, 0.2) is 11.4 Å². The van der Waals surface area contributed by atoms with E-state index in [1.165, 1.54) is 10.3 Å². The second-order valence-corrected chi connectivity index (χ2v) is 13.6. The van der Waals surface area contributed by atoms with Crippen LogP contribution in [0.4, 0.5) is 17.1 Å². The zero-order valence-corrected chi connectivity index (χ0v) is 28.2. The molecule has 0 aliphatic rings. The molecular weight excluding hydrogens is 643 g/mol. The Balaban J connectivity index is 1.22. The minimum absolute atomic E-state index is 0.674. The molecule has 240 valence electrons. The van der Waals surface area contributed by atoms with Crippen LogP contribution in [0.25, 0.3) is 76.0 Å². The molecule has 0 atom stereocenters. The van der Waals surface area contributed by atoms with Crippen molar-refractivity contribution in [3.8, 4) is 33.8 Å². The average Bonchev–Trinajstić information content (AvgIpc) is 3.78. The van der Waals surface area contributed by atoms with Gasteiger partial charge >= 0.3 is 0 Å². The maximum atomic E-state index is 6.80. The highest BCUT2D eigenvalue weighted by Gasteiger charge is 2.23. The van der Waals surface area contributed by atoms with Crippen molar-refractivity contribution in [3.05, 3.63) is 176 Å². The average molecular weight is 672 g/mol. The second kappa shape index (κ2) is 12.1. The molecular formula is C46H29N3OS. The Labute approximate surface area is 298 Å². The number of thiophene rings is 1. The number of aromatic nitrogens is 2. The molecule has 10 aromatic rings. The van der Waals surface area contributed by atoms with Crippen LogP contribution in [0, 0.1) is 0 Å². The minimum Gasteiger partial charge on any atom is -0.454 e. The number of hydrogen-bond donors (Lipinski definition) is 0. The summed E-state index contributed by atoms with van der Waals surface area (Å²) in [6, 6.07) is 61.1. The molecule has 0 fully saturated rings. The molecule has 3 aromatic heterocycles. The van der Waals surface area contributed by atoms with Crippen molar-refractivity contribution in [2.24, 2.45) is 0 Å². The Morgan fingerprint density at radius 3 is 1.92 bits per heavy atom. The highest BCUT2D eigenvalue weighted by Crippen LogP contribution is 2.45. The number of rotatable bonds is 6. The van der Waals surface area contributed by atoms with E-state index in [0.717, 1.165) is 77.0 Å². The molecule has 0 amide bonds. The molecule has 0 unspecified atom stereocenters. The number of fused-ring (bicyclic) bond motifs is 6. The molecule has 0 spiro atoms. The third-order valence-electron chi connectivity index (χ3n) is 9.48. The first kappa shape index (κ1) is 29.4. The zero-order valence-electron chi connectivity index (χ0n) is 27.4. The Morgan fingerprint density at radius 2 is 1.14 bits per heavy atom. The van der Waals surface area contributed by atoms with Crippen LogP contribution in [-0.4, -0.2) is 9.97 Å². The SMILES string of the molecule is c1ccc(-c2cccc(-c3nc(-c4cccc5oc6c(N(c7ccccc7)c7ccccc7)cccc6c45)nc4c3sc3ccccc34)c2)cc1. The maximum absolute atomic E-state index is 6.80. The molecule has 0 radical (unpaired) electrons. The van der Waals surface area contributed by atoms with E-state index in [1.807, 2.05) is 24.3 Å². The van der Waals surface area contributed by atoms with Crippen LogP contribution in [0.1, 0.15) is 0 Å².